The van der Waals surface area contributed by atoms with E-state index in [0.717, 1.165) is 12.8 Å². The van der Waals surface area contributed by atoms with Crippen LogP contribution >= 0.6 is 0 Å². The summed E-state index contributed by atoms with van der Waals surface area (Å²) in [5.41, 5.74) is -1.04. The maximum Gasteiger partial charge on any atom is 1.00 e. The van der Waals surface area contributed by atoms with Gasteiger partial charge in [0.25, 0.3) is 0 Å². The number of aliphatic hydroxyl groups excluding tert-OH is 1. The Morgan fingerprint density at radius 3 is 1.90 bits per heavy atom. The first-order valence-corrected chi connectivity index (χ1v) is 12.7. The number of aliphatic hydroxyl groups is 1. The topological polar surface area (TPSA) is 104 Å². The van der Waals surface area contributed by atoms with Gasteiger partial charge in [0, 0.05) is 13.0 Å². The molecular weight excluding hydrogens is 415 g/mol. The van der Waals surface area contributed by atoms with Crippen molar-refractivity contribution in [2.75, 3.05) is 13.2 Å². The van der Waals surface area contributed by atoms with Crippen molar-refractivity contribution in [3.05, 3.63) is 0 Å². The largest absolute Gasteiger partial charge is 1.00 e. The predicted molar refractivity (Wildman–Crippen MR) is 113 cm³/mol. The van der Waals surface area contributed by atoms with E-state index in [4.69, 9.17) is 5.11 Å². The molecule has 0 aliphatic heterocycles. The molecule has 2 saturated carbocycles. The van der Waals surface area contributed by atoms with Crippen molar-refractivity contribution in [3.63, 3.8) is 0 Å². The summed E-state index contributed by atoms with van der Waals surface area (Å²) in [5, 5.41) is 8.57. The molecule has 0 spiro atoms. The second-order valence-electron chi connectivity index (χ2n) is 9.24. The molecule has 2 fully saturated rings. The van der Waals surface area contributed by atoms with Crippen molar-refractivity contribution in [3.8, 4) is 0 Å². The Hall–Kier alpha value is 0.500. The summed E-state index contributed by atoms with van der Waals surface area (Å²) in [6.45, 7) is 6.25. The van der Waals surface area contributed by atoms with Crippen molar-refractivity contribution >= 4 is 16.2 Å². The molecule has 6 nitrogen and oxygen atoms in total. The molecule has 1 N–H and O–H groups in total. The number of carbonyl (C=O) groups is 1. The van der Waals surface area contributed by atoms with Crippen molar-refractivity contribution in [1.82, 2.24) is 0 Å². The van der Waals surface area contributed by atoms with E-state index in [2.05, 4.69) is 11.1 Å². The SMILES string of the molecule is CC1(C)C2CCC1(COS(=O)(=O)[O-])C(=O)C2.CCCCCCCCCCCCO.[Na+]. The van der Waals surface area contributed by atoms with E-state index in [-0.39, 0.29) is 53.3 Å². The van der Waals surface area contributed by atoms with Gasteiger partial charge >= 0.3 is 29.6 Å². The van der Waals surface area contributed by atoms with E-state index in [1.54, 1.807) is 0 Å². The van der Waals surface area contributed by atoms with Crippen LogP contribution < -0.4 is 29.6 Å². The summed E-state index contributed by atoms with van der Waals surface area (Å²) in [5.74, 6) is 0.329. The first kappa shape index (κ1) is 30.5. The molecule has 2 bridgehead atoms. The molecule has 8 heteroatoms. The number of fused-ring (bicyclic) bond motifs is 2. The van der Waals surface area contributed by atoms with E-state index in [9.17, 15) is 17.8 Å². The Morgan fingerprint density at radius 1 is 1.03 bits per heavy atom. The molecule has 0 aromatic carbocycles. The number of unbranched alkanes of at least 4 members (excludes halogenated alkanes) is 9. The van der Waals surface area contributed by atoms with Crippen LogP contribution in [-0.4, -0.2) is 37.1 Å². The van der Waals surface area contributed by atoms with Crippen LogP contribution in [0.3, 0.4) is 0 Å². The van der Waals surface area contributed by atoms with Gasteiger partial charge < -0.3 is 9.66 Å². The summed E-state index contributed by atoms with van der Waals surface area (Å²) in [4.78, 5) is 11.9. The van der Waals surface area contributed by atoms with Crippen LogP contribution in [0.25, 0.3) is 0 Å². The number of ketones is 1. The third-order valence-corrected chi connectivity index (χ3v) is 7.51. The number of Topliss-reactive ketones (excluding diaryl/α,β-unsaturated/α-hetero) is 1. The molecule has 0 aromatic heterocycles. The fourth-order valence-electron chi connectivity index (χ4n) is 4.88. The second-order valence-corrected chi connectivity index (χ2v) is 10.3. The van der Waals surface area contributed by atoms with E-state index in [1.165, 1.54) is 57.8 Å². The molecular formula is C22H41NaO6S. The Bertz CT molecular complexity index is 582. The zero-order chi connectivity index (χ0) is 22.0. The molecule has 0 heterocycles. The summed E-state index contributed by atoms with van der Waals surface area (Å²) >= 11 is 0. The van der Waals surface area contributed by atoms with Crippen molar-refractivity contribution in [1.29, 1.82) is 0 Å². The van der Waals surface area contributed by atoms with E-state index in [1.807, 2.05) is 13.8 Å². The molecule has 2 aliphatic rings. The van der Waals surface area contributed by atoms with Gasteiger partial charge in [0.1, 0.15) is 5.78 Å². The molecule has 2 rings (SSSR count). The van der Waals surface area contributed by atoms with Crippen LogP contribution in [0.5, 0.6) is 0 Å². The Balaban J connectivity index is 0.000000557. The maximum atomic E-state index is 11.9. The van der Waals surface area contributed by atoms with Gasteiger partial charge in [-0.25, -0.2) is 8.42 Å². The molecule has 30 heavy (non-hydrogen) atoms. The van der Waals surface area contributed by atoms with Crippen LogP contribution in [-0.2, 0) is 19.4 Å². The molecule has 0 aromatic rings. The second kappa shape index (κ2) is 14.6. The molecule has 0 saturated heterocycles. The van der Waals surface area contributed by atoms with Crippen LogP contribution in [0.15, 0.2) is 0 Å². The van der Waals surface area contributed by atoms with Gasteiger partial charge in [-0.2, -0.15) is 0 Å². The van der Waals surface area contributed by atoms with Crippen molar-refractivity contribution < 1.29 is 56.6 Å². The molecule has 0 radical (unpaired) electrons. The zero-order valence-electron chi connectivity index (χ0n) is 19.6. The molecule has 0 amide bonds. The summed E-state index contributed by atoms with van der Waals surface area (Å²) in [6.07, 6.45) is 15.3. The van der Waals surface area contributed by atoms with Gasteiger partial charge in [-0.05, 0) is 30.6 Å². The fraction of sp³-hybridized carbons (Fsp3) is 0.955. The minimum Gasteiger partial charge on any atom is -0.726 e. The molecule has 2 atom stereocenters. The minimum absolute atomic E-state index is 0. The Labute approximate surface area is 206 Å². The van der Waals surface area contributed by atoms with Gasteiger partial charge in [-0.1, -0.05) is 78.6 Å². The van der Waals surface area contributed by atoms with Gasteiger partial charge in [-0.15, -0.1) is 0 Å². The van der Waals surface area contributed by atoms with E-state index in [0.29, 0.717) is 19.4 Å². The van der Waals surface area contributed by atoms with Crippen LogP contribution in [0.2, 0.25) is 0 Å². The average Bonchev–Trinajstić information content (AvgIpc) is 3.00. The van der Waals surface area contributed by atoms with Crippen LogP contribution in [0.4, 0.5) is 0 Å². The van der Waals surface area contributed by atoms with Gasteiger partial charge in [0.15, 0.2) is 0 Å². The normalized spacial score (nSPS) is 24.3. The Kier molecular flexibility index (Phi) is 14.9. The van der Waals surface area contributed by atoms with Gasteiger partial charge in [0.2, 0.25) is 10.4 Å². The number of rotatable bonds is 13. The molecule has 172 valence electrons. The zero-order valence-corrected chi connectivity index (χ0v) is 22.4. The van der Waals surface area contributed by atoms with Gasteiger partial charge in [-0.3, -0.25) is 8.98 Å². The summed E-state index contributed by atoms with van der Waals surface area (Å²) in [7, 11) is -4.72. The smallest absolute Gasteiger partial charge is 0.726 e. The first-order chi connectivity index (χ1) is 13.6. The third kappa shape index (κ3) is 9.16. The predicted octanol–water partition coefficient (Wildman–Crippen LogP) is 1.76. The summed E-state index contributed by atoms with van der Waals surface area (Å²) in [6, 6.07) is 0. The van der Waals surface area contributed by atoms with E-state index < -0.39 is 15.8 Å². The van der Waals surface area contributed by atoms with E-state index >= 15 is 0 Å². The summed E-state index contributed by atoms with van der Waals surface area (Å²) < 4.78 is 35.8. The third-order valence-electron chi connectivity index (χ3n) is 7.10. The maximum absolute atomic E-state index is 11.9. The van der Waals surface area contributed by atoms with Crippen molar-refractivity contribution in [2.45, 2.75) is 104 Å². The number of hydrogen-bond acceptors (Lipinski definition) is 6. The standard InChI is InChI=1S/C12H26O.C10H16O5S.Na/c1-2-3-4-5-6-7-8-9-10-11-12-13;1-9(2)7-3-4-10(9,8(11)5-7)6-15-16(12,13)14;/h13H,2-12H2,1H3;7H,3-6H2,1-2H3,(H,12,13,14);/q;;+1/p-1. The van der Waals surface area contributed by atoms with Crippen LogP contribution in [0, 0.1) is 16.7 Å². The first-order valence-electron chi connectivity index (χ1n) is 11.3. The quantitative estimate of drug-likeness (QED) is 0.196. The van der Waals surface area contributed by atoms with Gasteiger partial charge in [0.05, 0.1) is 12.0 Å². The average molecular weight is 457 g/mol. The fourth-order valence-corrected chi connectivity index (χ4v) is 5.23. The number of carbonyl (C=O) groups excluding carboxylic acids is 1. The van der Waals surface area contributed by atoms with Crippen molar-refractivity contribution in [2.24, 2.45) is 16.7 Å². The minimum atomic E-state index is -4.72. The molecule has 2 aliphatic carbocycles. The molecule has 2 unspecified atom stereocenters. The number of hydrogen-bond donors (Lipinski definition) is 1. The monoisotopic (exact) mass is 456 g/mol. The van der Waals surface area contributed by atoms with Crippen LogP contribution in [0.1, 0.15) is 104 Å². The Morgan fingerprint density at radius 2 is 1.53 bits per heavy atom.